The number of phenols is 1. The molecule has 0 saturated heterocycles. The first-order chi connectivity index (χ1) is 7.56. The molecule has 0 bridgehead atoms. The molecule has 16 heavy (non-hydrogen) atoms. The van der Waals surface area contributed by atoms with Crippen molar-refractivity contribution in [3.05, 3.63) is 29.3 Å². The summed E-state index contributed by atoms with van der Waals surface area (Å²) in [4.78, 5) is 13.6. The summed E-state index contributed by atoms with van der Waals surface area (Å²) in [5.41, 5.74) is 1.35. The molecule has 0 aliphatic heterocycles. The number of thioether (sulfide) groups is 1. The quantitative estimate of drug-likeness (QED) is 0.875. The van der Waals surface area contributed by atoms with Crippen LogP contribution in [0.4, 0.5) is 0 Å². The highest BCUT2D eigenvalue weighted by Crippen LogP contribution is 2.19. The van der Waals surface area contributed by atoms with Crippen molar-refractivity contribution < 1.29 is 9.90 Å². The predicted octanol–water partition coefficient (Wildman–Crippen LogP) is 2.14. The van der Waals surface area contributed by atoms with Crippen LogP contribution < -0.4 is 0 Å². The topological polar surface area (TPSA) is 40.5 Å². The average molecular weight is 239 g/mol. The molecule has 0 radical (unpaired) electrons. The molecular weight excluding hydrogens is 222 g/mol. The van der Waals surface area contributed by atoms with Crippen molar-refractivity contribution in [3.63, 3.8) is 0 Å². The van der Waals surface area contributed by atoms with Crippen molar-refractivity contribution >= 4 is 17.7 Å². The summed E-state index contributed by atoms with van der Waals surface area (Å²) >= 11 is 1.69. The number of carbonyl (C=O) groups is 1. The predicted molar refractivity (Wildman–Crippen MR) is 68.2 cm³/mol. The maximum absolute atomic E-state index is 12.0. The molecule has 1 rings (SSSR count). The van der Waals surface area contributed by atoms with E-state index in [-0.39, 0.29) is 11.7 Å². The molecule has 1 amide bonds. The molecule has 3 nitrogen and oxygen atoms in total. The molecule has 1 N–H and O–H groups in total. The van der Waals surface area contributed by atoms with Crippen LogP contribution >= 0.6 is 11.8 Å². The van der Waals surface area contributed by atoms with Crippen LogP contribution in [-0.2, 0) is 0 Å². The van der Waals surface area contributed by atoms with Crippen LogP contribution in [0, 0.1) is 6.92 Å². The fourth-order valence-electron chi connectivity index (χ4n) is 1.36. The number of rotatable bonds is 4. The van der Waals surface area contributed by atoms with Crippen LogP contribution in [0.25, 0.3) is 0 Å². The van der Waals surface area contributed by atoms with E-state index in [4.69, 9.17) is 0 Å². The third-order valence-electron chi connectivity index (χ3n) is 2.36. The number of benzene rings is 1. The lowest BCUT2D eigenvalue weighted by atomic mass is 10.1. The zero-order chi connectivity index (χ0) is 12.1. The van der Waals surface area contributed by atoms with Gasteiger partial charge in [-0.1, -0.05) is 11.6 Å². The minimum absolute atomic E-state index is 0.0478. The van der Waals surface area contributed by atoms with Crippen molar-refractivity contribution in [2.75, 3.05) is 25.6 Å². The molecule has 0 aromatic heterocycles. The molecule has 0 spiro atoms. The second kappa shape index (κ2) is 5.80. The van der Waals surface area contributed by atoms with E-state index < -0.39 is 0 Å². The fraction of sp³-hybridized carbons (Fsp3) is 0.417. The number of hydrogen-bond acceptors (Lipinski definition) is 3. The molecule has 1 aromatic rings. The molecule has 4 heteroatoms. The van der Waals surface area contributed by atoms with Crippen molar-refractivity contribution in [1.82, 2.24) is 4.90 Å². The first-order valence-electron chi connectivity index (χ1n) is 5.10. The summed E-state index contributed by atoms with van der Waals surface area (Å²) in [5, 5.41) is 9.63. The van der Waals surface area contributed by atoms with Crippen LogP contribution in [0.5, 0.6) is 5.75 Å². The Morgan fingerprint density at radius 1 is 1.50 bits per heavy atom. The van der Waals surface area contributed by atoms with Gasteiger partial charge >= 0.3 is 0 Å². The Morgan fingerprint density at radius 2 is 2.19 bits per heavy atom. The lowest BCUT2D eigenvalue weighted by Crippen LogP contribution is -2.29. The SMILES string of the molecule is CSCCN(C)C(=O)c1cc(C)ccc1O. The second-order valence-electron chi connectivity index (χ2n) is 3.74. The molecule has 0 atom stereocenters. The number of phenolic OH excluding ortho intramolecular Hbond substituents is 1. The van der Waals surface area contributed by atoms with Gasteiger partial charge in [0.2, 0.25) is 0 Å². The molecule has 88 valence electrons. The number of carbonyl (C=O) groups excluding carboxylic acids is 1. The van der Waals surface area contributed by atoms with Gasteiger partial charge in [0.05, 0.1) is 5.56 Å². The summed E-state index contributed by atoms with van der Waals surface area (Å²) in [6.45, 7) is 2.59. The number of aromatic hydroxyl groups is 1. The number of nitrogens with zero attached hydrogens (tertiary/aromatic N) is 1. The third kappa shape index (κ3) is 3.17. The van der Waals surface area contributed by atoms with E-state index in [0.29, 0.717) is 12.1 Å². The monoisotopic (exact) mass is 239 g/mol. The van der Waals surface area contributed by atoms with E-state index in [9.17, 15) is 9.90 Å². The van der Waals surface area contributed by atoms with Gasteiger partial charge in [0, 0.05) is 19.3 Å². The van der Waals surface area contributed by atoms with E-state index >= 15 is 0 Å². The summed E-state index contributed by atoms with van der Waals surface area (Å²) in [7, 11) is 1.75. The van der Waals surface area contributed by atoms with Gasteiger partial charge in [-0.05, 0) is 25.3 Å². The lowest BCUT2D eigenvalue weighted by molar-refractivity contribution is 0.0800. The van der Waals surface area contributed by atoms with Crippen LogP contribution in [0.15, 0.2) is 18.2 Å². The van der Waals surface area contributed by atoms with Gasteiger partial charge in [-0.3, -0.25) is 4.79 Å². The van der Waals surface area contributed by atoms with Gasteiger partial charge < -0.3 is 10.0 Å². The molecule has 0 heterocycles. The zero-order valence-corrected chi connectivity index (χ0v) is 10.7. The smallest absolute Gasteiger partial charge is 0.257 e. The standard InChI is InChI=1S/C12H17NO2S/c1-9-4-5-11(14)10(8-9)12(15)13(2)6-7-16-3/h4-5,8,14H,6-7H2,1-3H3. The van der Waals surface area contributed by atoms with Crippen molar-refractivity contribution in [1.29, 1.82) is 0 Å². The summed E-state index contributed by atoms with van der Waals surface area (Å²) in [6.07, 6.45) is 2.00. The molecule has 1 aromatic carbocycles. The third-order valence-corrected chi connectivity index (χ3v) is 2.95. The molecule has 0 saturated carbocycles. The first-order valence-corrected chi connectivity index (χ1v) is 6.49. The number of aryl methyl sites for hydroxylation is 1. The van der Waals surface area contributed by atoms with Gasteiger partial charge in [0.1, 0.15) is 5.75 Å². The van der Waals surface area contributed by atoms with Gasteiger partial charge in [-0.25, -0.2) is 0 Å². The van der Waals surface area contributed by atoms with E-state index in [1.807, 2.05) is 13.2 Å². The van der Waals surface area contributed by atoms with E-state index in [2.05, 4.69) is 0 Å². The minimum Gasteiger partial charge on any atom is -0.507 e. The van der Waals surface area contributed by atoms with Gasteiger partial charge in [0.25, 0.3) is 5.91 Å². The van der Waals surface area contributed by atoms with Crippen LogP contribution in [0.2, 0.25) is 0 Å². The summed E-state index contributed by atoms with van der Waals surface area (Å²) in [6, 6.07) is 5.06. The second-order valence-corrected chi connectivity index (χ2v) is 4.73. The largest absolute Gasteiger partial charge is 0.507 e. The molecule has 0 fully saturated rings. The molecule has 0 aliphatic carbocycles. The Morgan fingerprint density at radius 3 is 2.81 bits per heavy atom. The first kappa shape index (κ1) is 12.9. The Balaban J connectivity index is 2.83. The molecular formula is C12H17NO2S. The van der Waals surface area contributed by atoms with E-state index in [0.717, 1.165) is 11.3 Å². The Kier molecular flexibility index (Phi) is 4.68. The fourth-order valence-corrected chi connectivity index (χ4v) is 1.81. The maximum atomic E-state index is 12.0. The van der Waals surface area contributed by atoms with Crippen LogP contribution in [-0.4, -0.2) is 41.5 Å². The summed E-state index contributed by atoms with van der Waals surface area (Å²) in [5.74, 6) is 0.816. The highest BCUT2D eigenvalue weighted by Gasteiger charge is 2.15. The van der Waals surface area contributed by atoms with Crippen LogP contribution in [0.1, 0.15) is 15.9 Å². The highest BCUT2D eigenvalue weighted by molar-refractivity contribution is 7.98. The van der Waals surface area contributed by atoms with Crippen molar-refractivity contribution in [2.24, 2.45) is 0 Å². The maximum Gasteiger partial charge on any atom is 0.257 e. The van der Waals surface area contributed by atoms with Gasteiger partial charge in [-0.15, -0.1) is 0 Å². The number of amides is 1. The molecule has 0 unspecified atom stereocenters. The minimum atomic E-state index is -0.129. The Hall–Kier alpha value is -1.16. The molecule has 0 aliphatic rings. The van der Waals surface area contributed by atoms with Crippen LogP contribution in [0.3, 0.4) is 0 Å². The van der Waals surface area contributed by atoms with Gasteiger partial charge in [0.15, 0.2) is 0 Å². The average Bonchev–Trinajstić information content (AvgIpc) is 2.28. The lowest BCUT2D eigenvalue weighted by Gasteiger charge is -2.17. The Labute approximate surface area is 100 Å². The van der Waals surface area contributed by atoms with Gasteiger partial charge in [-0.2, -0.15) is 11.8 Å². The zero-order valence-electron chi connectivity index (χ0n) is 9.86. The highest BCUT2D eigenvalue weighted by atomic mass is 32.2. The normalized spacial score (nSPS) is 10.2. The van der Waals surface area contributed by atoms with Crippen molar-refractivity contribution in [2.45, 2.75) is 6.92 Å². The Bertz CT molecular complexity index is 379. The van der Waals surface area contributed by atoms with E-state index in [1.54, 1.807) is 41.9 Å². The van der Waals surface area contributed by atoms with E-state index in [1.165, 1.54) is 0 Å². The summed E-state index contributed by atoms with van der Waals surface area (Å²) < 4.78 is 0. The number of hydrogen-bond donors (Lipinski definition) is 1. The van der Waals surface area contributed by atoms with Crippen molar-refractivity contribution in [3.8, 4) is 5.75 Å².